The van der Waals surface area contributed by atoms with Gasteiger partial charge in [-0.2, -0.15) is 13.2 Å². The maximum absolute atomic E-state index is 12.9. The molecule has 1 saturated carbocycles. The van der Waals surface area contributed by atoms with E-state index in [2.05, 4.69) is 9.97 Å². The van der Waals surface area contributed by atoms with Gasteiger partial charge in [-0.3, -0.25) is 4.79 Å². The van der Waals surface area contributed by atoms with Crippen molar-refractivity contribution in [2.45, 2.75) is 51.3 Å². The number of halogens is 3. The van der Waals surface area contributed by atoms with Gasteiger partial charge in [0, 0.05) is 29.7 Å². The number of carboxylic acid groups (broad SMARTS) is 1. The number of aliphatic carboxylic acids is 1. The number of nitrogens with zero attached hydrogens (tertiary/aromatic N) is 2. The Morgan fingerprint density at radius 2 is 1.83 bits per heavy atom. The average Bonchev–Trinajstić information content (AvgIpc) is 3.67. The van der Waals surface area contributed by atoms with Gasteiger partial charge in [-0.05, 0) is 56.0 Å². The number of alkyl halides is 3. The van der Waals surface area contributed by atoms with Gasteiger partial charge in [0.1, 0.15) is 6.61 Å². The molecule has 0 radical (unpaired) electrons. The van der Waals surface area contributed by atoms with Crippen LogP contribution in [0.4, 0.5) is 13.2 Å². The lowest BCUT2D eigenvalue weighted by Crippen LogP contribution is -2.07. The van der Waals surface area contributed by atoms with Crippen LogP contribution in [-0.2, 0) is 24.0 Å². The minimum absolute atomic E-state index is 0.0269. The predicted octanol–water partition coefficient (Wildman–Crippen LogP) is 6.03. The van der Waals surface area contributed by atoms with Crippen LogP contribution in [0.2, 0.25) is 0 Å². The zero-order valence-corrected chi connectivity index (χ0v) is 19.1. The Labute approximate surface area is 200 Å². The molecule has 0 atom stereocenters. The van der Waals surface area contributed by atoms with Crippen LogP contribution < -0.4 is 9.47 Å². The second-order valence-electron chi connectivity index (χ2n) is 8.35. The lowest BCUT2D eigenvalue weighted by atomic mass is 10.1. The van der Waals surface area contributed by atoms with E-state index in [0.29, 0.717) is 35.9 Å². The van der Waals surface area contributed by atoms with E-state index in [0.717, 1.165) is 41.8 Å². The van der Waals surface area contributed by atoms with Crippen molar-refractivity contribution in [1.29, 1.82) is 0 Å². The molecule has 0 saturated heterocycles. The van der Waals surface area contributed by atoms with Crippen LogP contribution in [0.1, 0.15) is 54.5 Å². The van der Waals surface area contributed by atoms with Crippen LogP contribution in [-0.4, -0.2) is 27.7 Å². The summed E-state index contributed by atoms with van der Waals surface area (Å²) in [4.78, 5) is 19.9. The van der Waals surface area contributed by atoms with Gasteiger partial charge in [0.2, 0.25) is 0 Å². The van der Waals surface area contributed by atoms with Gasteiger partial charge in [-0.15, -0.1) is 0 Å². The molecule has 1 heterocycles. The summed E-state index contributed by atoms with van der Waals surface area (Å²) in [5, 5.41) is 8.91. The number of hydrogen-bond acceptors (Lipinski definition) is 5. The first-order chi connectivity index (χ1) is 16.7. The molecule has 0 aliphatic heterocycles. The fraction of sp³-hybridized carbons (Fsp3) is 0.346. The molecule has 1 aliphatic carbocycles. The lowest BCUT2D eigenvalue weighted by molar-refractivity contribution is -0.138. The SMILES string of the molecule is CCOc1cc(CCC(=O)O)ccc1OCc1cnc(-c2ccc(C(F)(F)F)cc2)nc1C1CC1. The van der Waals surface area contributed by atoms with Crippen LogP contribution in [0.3, 0.4) is 0 Å². The summed E-state index contributed by atoms with van der Waals surface area (Å²) in [5.74, 6) is 0.845. The molecule has 1 aliphatic rings. The van der Waals surface area contributed by atoms with Gasteiger partial charge < -0.3 is 14.6 Å². The van der Waals surface area contributed by atoms with E-state index in [4.69, 9.17) is 14.6 Å². The van der Waals surface area contributed by atoms with Crippen molar-refractivity contribution in [1.82, 2.24) is 9.97 Å². The summed E-state index contributed by atoms with van der Waals surface area (Å²) in [6.07, 6.45) is -0.346. The van der Waals surface area contributed by atoms with Gasteiger partial charge in [0.25, 0.3) is 0 Å². The van der Waals surface area contributed by atoms with Gasteiger partial charge in [-0.25, -0.2) is 9.97 Å². The molecule has 35 heavy (non-hydrogen) atoms. The van der Waals surface area contributed by atoms with Crippen molar-refractivity contribution in [2.75, 3.05) is 6.61 Å². The Morgan fingerprint density at radius 1 is 1.09 bits per heavy atom. The van der Waals surface area contributed by atoms with Gasteiger partial charge in [0.15, 0.2) is 17.3 Å². The third-order valence-corrected chi connectivity index (χ3v) is 5.65. The maximum atomic E-state index is 12.9. The quantitative estimate of drug-likeness (QED) is 0.377. The Kier molecular flexibility index (Phi) is 7.23. The number of aromatic nitrogens is 2. The Hall–Kier alpha value is -3.62. The summed E-state index contributed by atoms with van der Waals surface area (Å²) < 4.78 is 50.3. The Balaban J connectivity index is 1.52. The van der Waals surface area contributed by atoms with E-state index in [1.54, 1.807) is 18.3 Å². The molecule has 9 heteroatoms. The number of ether oxygens (including phenoxy) is 2. The molecular weight excluding hydrogens is 461 g/mol. The van der Waals surface area contributed by atoms with Gasteiger partial charge in [0.05, 0.1) is 17.9 Å². The third-order valence-electron chi connectivity index (χ3n) is 5.65. The van der Waals surface area contributed by atoms with E-state index >= 15 is 0 Å². The van der Waals surface area contributed by atoms with Crippen molar-refractivity contribution in [3.8, 4) is 22.9 Å². The first-order valence-corrected chi connectivity index (χ1v) is 11.4. The number of carbonyl (C=O) groups is 1. The second-order valence-corrected chi connectivity index (χ2v) is 8.35. The highest BCUT2D eigenvalue weighted by molar-refractivity contribution is 5.67. The Morgan fingerprint density at radius 3 is 2.46 bits per heavy atom. The van der Waals surface area contributed by atoms with Crippen LogP contribution >= 0.6 is 0 Å². The molecule has 1 aromatic heterocycles. The minimum atomic E-state index is -4.39. The third kappa shape index (κ3) is 6.29. The molecule has 3 aromatic rings. The highest BCUT2D eigenvalue weighted by Gasteiger charge is 2.31. The Bertz CT molecular complexity index is 1190. The van der Waals surface area contributed by atoms with Crippen LogP contribution in [0.5, 0.6) is 11.5 Å². The van der Waals surface area contributed by atoms with E-state index in [9.17, 15) is 18.0 Å². The van der Waals surface area contributed by atoms with Gasteiger partial charge >= 0.3 is 12.1 Å². The minimum Gasteiger partial charge on any atom is -0.490 e. The topological polar surface area (TPSA) is 81.5 Å². The average molecular weight is 486 g/mol. The van der Waals surface area contributed by atoms with Gasteiger partial charge in [-0.1, -0.05) is 18.2 Å². The number of carboxylic acids is 1. The van der Waals surface area contributed by atoms with Crippen LogP contribution in [0.15, 0.2) is 48.7 Å². The largest absolute Gasteiger partial charge is 0.490 e. The fourth-order valence-electron chi connectivity index (χ4n) is 3.69. The number of rotatable bonds is 10. The first kappa shape index (κ1) is 24.5. The highest BCUT2D eigenvalue weighted by atomic mass is 19.4. The molecule has 0 spiro atoms. The molecule has 6 nitrogen and oxygen atoms in total. The maximum Gasteiger partial charge on any atom is 0.416 e. The molecular formula is C26H25F3N2O4. The molecule has 1 fully saturated rings. The van der Waals surface area contributed by atoms with Crippen LogP contribution in [0, 0.1) is 0 Å². The molecule has 2 aromatic carbocycles. The van der Waals surface area contributed by atoms with E-state index in [1.165, 1.54) is 12.1 Å². The van der Waals surface area contributed by atoms with Crippen molar-refractivity contribution >= 4 is 5.97 Å². The molecule has 0 bridgehead atoms. The summed E-state index contributed by atoms with van der Waals surface area (Å²) in [6, 6.07) is 10.2. The molecule has 184 valence electrons. The summed E-state index contributed by atoms with van der Waals surface area (Å²) >= 11 is 0. The van der Waals surface area contributed by atoms with Crippen molar-refractivity contribution in [3.63, 3.8) is 0 Å². The highest BCUT2D eigenvalue weighted by Crippen LogP contribution is 2.41. The van der Waals surface area contributed by atoms with Crippen molar-refractivity contribution in [2.24, 2.45) is 0 Å². The lowest BCUT2D eigenvalue weighted by Gasteiger charge is -2.15. The molecule has 1 N–H and O–H groups in total. The first-order valence-electron chi connectivity index (χ1n) is 11.4. The summed E-state index contributed by atoms with van der Waals surface area (Å²) in [7, 11) is 0. The molecule has 0 amide bonds. The number of benzene rings is 2. The van der Waals surface area contributed by atoms with E-state index < -0.39 is 17.7 Å². The fourth-order valence-corrected chi connectivity index (χ4v) is 3.69. The standard InChI is InChI=1S/C26H25F3N2O4/c1-2-34-22-13-16(4-12-23(32)33)3-11-21(22)35-15-19-14-30-25(31-24(19)17-5-6-17)18-7-9-20(10-8-18)26(27,28)29/h3,7-11,13-14,17H,2,4-6,12,15H2,1H3,(H,32,33). The zero-order chi connectivity index (χ0) is 25.0. The normalized spacial score (nSPS) is 13.5. The second kappa shape index (κ2) is 10.3. The molecule has 0 unspecified atom stereocenters. The number of aryl methyl sites for hydroxylation is 1. The zero-order valence-electron chi connectivity index (χ0n) is 19.1. The van der Waals surface area contributed by atoms with Crippen molar-refractivity contribution < 1.29 is 32.5 Å². The number of hydrogen-bond donors (Lipinski definition) is 1. The van der Waals surface area contributed by atoms with Crippen LogP contribution in [0.25, 0.3) is 11.4 Å². The van der Waals surface area contributed by atoms with E-state index in [-0.39, 0.29) is 18.9 Å². The van der Waals surface area contributed by atoms with E-state index in [1.807, 2.05) is 13.0 Å². The smallest absolute Gasteiger partial charge is 0.416 e. The summed E-state index contributed by atoms with van der Waals surface area (Å²) in [5.41, 5.74) is 2.29. The molecule has 4 rings (SSSR count). The summed E-state index contributed by atoms with van der Waals surface area (Å²) in [6.45, 7) is 2.48. The predicted molar refractivity (Wildman–Crippen MR) is 122 cm³/mol. The monoisotopic (exact) mass is 486 g/mol. The van der Waals surface area contributed by atoms with Crippen molar-refractivity contribution in [3.05, 3.63) is 71.0 Å².